The van der Waals surface area contributed by atoms with Crippen molar-refractivity contribution in [2.45, 2.75) is 0 Å². The molecule has 1 aromatic rings. The van der Waals surface area contributed by atoms with E-state index >= 15 is 0 Å². The van der Waals surface area contributed by atoms with Crippen molar-refractivity contribution in [3.05, 3.63) is 29.6 Å². The SMILES string of the molecule is [CH2-]C(=O)Nc1c(N)cccc1Br.[Fe]. The molecule has 0 heterocycles. The van der Waals surface area contributed by atoms with Crippen LogP contribution in [-0.2, 0) is 21.9 Å². The fourth-order valence-corrected chi connectivity index (χ4v) is 1.29. The van der Waals surface area contributed by atoms with Crippen LogP contribution in [0.4, 0.5) is 11.4 Å². The van der Waals surface area contributed by atoms with Crippen molar-refractivity contribution in [2.24, 2.45) is 0 Å². The van der Waals surface area contributed by atoms with Crippen LogP contribution in [0.5, 0.6) is 0 Å². The standard InChI is InChI=1S/C8H8BrN2O.Fe/c1-5(12)11-8-6(9)3-2-4-7(8)10;/h2-4H,1,10H2,(H,11,12);/q-1;. The third-order valence-corrected chi connectivity index (χ3v) is 1.97. The first kappa shape index (κ1) is 12.4. The third kappa shape index (κ3) is 3.30. The van der Waals surface area contributed by atoms with Gasteiger partial charge in [-0.1, -0.05) is 6.07 Å². The van der Waals surface area contributed by atoms with Gasteiger partial charge < -0.3 is 22.8 Å². The Bertz CT molecular complexity index is 297. The quantitative estimate of drug-likeness (QED) is 0.469. The van der Waals surface area contributed by atoms with Gasteiger partial charge in [-0.3, -0.25) is 0 Å². The van der Waals surface area contributed by atoms with Crippen LogP contribution in [0.2, 0.25) is 0 Å². The molecule has 5 heteroatoms. The Morgan fingerprint density at radius 3 is 2.62 bits per heavy atom. The normalized spacial score (nSPS) is 8.69. The molecule has 0 aliphatic heterocycles. The first-order chi connectivity index (χ1) is 5.61. The largest absolute Gasteiger partial charge is 0.397 e. The van der Waals surface area contributed by atoms with Crippen LogP contribution in [0.1, 0.15) is 0 Å². The molecule has 72 valence electrons. The van der Waals surface area contributed by atoms with Gasteiger partial charge in [-0.25, -0.2) is 0 Å². The number of hydrogen-bond donors (Lipinski definition) is 2. The van der Waals surface area contributed by atoms with Gasteiger partial charge in [-0.05, 0) is 28.1 Å². The predicted molar refractivity (Wildman–Crippen MR) is 52.5 cm³/mol. The maximum atomic E-state index is 10.6. The van der Waals surface area contributed by atoms with Crippen LogP contribution in [0.3, 0.4) is 0 Å². The maximum Gasteiger partial charge on any atom is 0.0841 e. The van der Waals surface area contributed by atoms with Crippen molar-refractivity contribution in [1.82, 2.24) is 0 Å². The van der Waals surface area contributed by atoms with Crippen LogP contribution in [-0.4, -0.2) is 5.91 Å². The van der Waals surface area contributed by atoms with Crippen LogP contribution >= 0.6 is 15.9 Å². The molecule has 1 rings (SSSR count). The van der Waals surface area contributed by atoms with Gasteiger partial charge in [-0.15, -0.1) is 0 Å². The number of amides is 1. The van der Waals surface area contributed by atoms with Crippen molar-refractivity contribution >= 4 is 33.2 Å². The van der Waals surface area contributed by atoms with E-state index in [1.165, 1.54) is 0 Å². The molecule has 0 spiro atoms. The summed E-state index contributed by atoms with van der Waals surface area (Å²) < 4.78 is 0.750. The minimum absolute atomic E-state index is 0. The predicted octanol–water partition coefficient (Wildman–Crippen LogP) is 1.80. The number of benzene rings is 1. The van der Waals surface area contributed by atoms with E-state index in [4.69, 9.17) is 5.73 Å². The summed E-state index contributed by atoms with van der Waals surface area (Å²) >= 11 is 3.25. The Balaban J connectivity index is 0.00000144. The number of carbonyl (C=O) groups excluding carboxylic acids is 1. The minimum Gasteiger partial charge on any atom is -0.397 e. The summed E-state index contributed by atoms with van der Waals surface area (Å²) in [6.45, 7) is 3.19. The zero-order valence-corrected chi connectivity index (χ0v) is 9.35. The molecule has 0 aromatic heterocycles. The molecule has 0 aliphatic rings. The minimum atomic E-state index is -0.381. The molecule has 0 aliphatic carbocycles. The second kappa shape index (κ2) is 5.17. The summed E-state index contributed by atoms with van der Waals surface area (Å²) in [6.07, 6.45) is 0. The van der Waals surface area contributed by atoms with Crippen LogP contribution in [0, 0.1) is 6.92 Å². The van der Waals surface area contributed by atoms with E-state index < -0.39 is 0 Å². The first-order valence-corrected chi connectivity index (χ1v) is 4.07. The maximum absolute atomic E-state index is 10.6. The van der Waals surface area contributed by atoms with Crippen molar-refractivity contribution in [1.29, 1.82) is 0 Å². The van der Waals surface area contributed by atoms with E-state index in [0.717, 1.165) is 4.47 Å². The molecule has 0 saturated carbocycles. The molecular weight excluding hydrogens is 276 g/mol. The van der Waals surface area contributed by atoms with Gasteiger partial charge in [-0.2, -0.15) is 0 Å². The number of halogens is 1. The molecule has 0 unspecified atom stereocenters. The second-order valence-electron chi connectivity index (χ2n) is 2.25. The van der Waals surface area contributed by atoms with Gasteiger partial charge in [0, 0.05) is 21.5 Å². The fourth-order valence-electron chi connectivity index (χ4n) is 0.812. The molecule has 13 heavy (non-hydrogen) atoms. The molecule has 0 bridgehead atoms. The zero-order valence-electron chi connectivity index (χ0n) is 6.66. The summed E-state index contributed by atoms with van der Waals surface area (Å²) in [7, 11) is 0. The number of anilines is 2. The van der Waals surface area contributed by atoms with Gasteiger partial charge in [0.05, 0.1) is 17.3 Å². The average Bonchev–Trinajstić information content (AvgIpc) is 1.97. The molecule has 0 saturated heterocycles. The van der Waals surface area contributed by atoms with Crippen LogP contribution in [0.25, 0.3) is 0 Å². The van der Waals surface area contributed by atoms with Gasteiger partial charge in [0.15, 0.2) is 0 Å². The van der Waals surface area contributed by atoms with Gasteiger partial charge >= 0.3 is 0 Å². The summed E-state index contributed by atoms with van der Waals surface area (Å²) in [5, 5.41) is 2.52. The summed E-state index contributed by atoms with van der Waals surface area (Å²) in [5.74, 6) is -0.381. The molecule has 0 radical (unpaired) electrons. The molecule has 3 N–H and O–H groups in total. The first-order valence-electron chi connectivity index (χ1n) is 3.28. The van der Waals surface area contributed by atoms with E-state index in [2.05, 4.69) is 28.2 Å². The number of rotatable bonds is 1. The Labute approximate surface area is 95.7 Å². The van der Waals surface area contributed by atoms with Crippen LogP contribution < -0.4 is 11.1 Å². The van der Waals surface area contributed by atoms with Crippen molar-refractivity contribution in [3.63, 3.8) is 0 Å². The van der Waals surface area contributed by atoms with Crippen molar-refractivity contribution in [3.8, 4) is 0 Å². The third-order valence-electron chi connectivity index (χ3n) is 1.31. The topological polar surface area (TPSA) is 55.1 Å². The van der Waals surface area contributed by atoms with Crippen molar-refractivity contribution in [2.75, 3.05) is 11.1 Å². The fraction of sp³-hybridized carbons (Fsp3) is 0. The Kier molecular flexibility index (Phi) is 4.91. The smallest absolute Gasteiger partial charge is 0.0841 e. The van der Waals surface area contributed by atoms with Gasteiger partial charge in [0.25, 0.3) is 0 Å². The number of nitrogen functional groups attached to an aromatic ring is 1. The van der Waals surface area contributed by atoms with E-state index in [0.29, 0.717) is 11.4 Å². The van der Waals surface area contributed by atoms with Gasteiger partial charge in [0.1, 0.15) is 0 Å². The van der Waals surface area contributed by atoms with E-state index in [-0.39, 0.29) is 23.0 Å². The molecule has 0 atom stereocenters. The van der Waals surface area contributed by atoms with E-state index in [1.807, 2.05) is 0 Å². The zero-order chi connectivity index (χ0) is 9.14. The van der Waals surface area contributed by atoms with E-state index in [1.54, 1.807) is 18.2 Å². The Morgan fingerprint density at radius 1 is 1.54 bits per heavy atom. The van der Waals surface area contributed by atoms with Gasteiger partial charge in [0.2, 0.25) is 0 Å². The molecule has 0 fully saturated rings. The van der Waals surface area contributed by atoms with E-state index in [9.17, 15) is 4.79 Å². The molecule has 1 aromatic carbocycles. The number of nitrogens with two attached hydrogens (primary N) is 1. The summed E-state index contributed by atoms with van der Waals surface area (Å²) in [6, 6.07) is 5.29. The number of carbonyl (C=O) groups is 1. The van der Waals surface area contributed by atoms with Crippen LogP contribution in [0.15, 0.2) is 22.7 Å². The monoisotopic (exact) mass is 283 g/mol. The molecule has 1 amide bonds. The molecule has 3 nitrogen and oxygen atoms in total. The number of hydrogen-bond acceptors (Lipinski definition) is 2. The molecular formula is C8H8BrFeN2O-. The Morgan fingerprint density at radius 2 is 2.15 bits per heavy atom. The van der Waals surface area contributed by atoms with Crippen molar-refractivity contribution < 1.29 is 21.9 Å². The average molecular weight is 284 g/mol. The summed E-state index contributed by atoms with van der Waals surface area (Å²) in [5.41, 5.74) is 6.68. The number of para-hydroxylation sites is 1. The number of nitrogens with one attached hydrogen (secondary N) is 1. The Hall–Kier alpha value is -0.641. The summed E-state index contributed by atoms with van der Waals surface area (Å²) in [4.78, 5) is 10.6. The second-order valence-corrected chi connectivity index (χ2v) is 3.11.